The zero-order valence-corrected chi connectivity index (χ0v) is 19.8. The molecule has 0 bridgehead atoms. The summed E-state index contributed by atoms with van der Waals surface area (Å²) in [5, 5.41) is 14.3. The van der Waals surface area contributed by atoms with Gasteiger partial charge in [0.25, 0.3) is 0 Å². The molecule has 2 heterocycles. The maximum Gasteiger partial charge on any atom is 0.237 e. The molecule has 0 radical (unpaired) electrons. The van der Waals surface area contributed by atoms with Crippen LogP contribution in [-0.2, 0) is 12.2 Å². The fourth-order valence-corrected chi connectivity index (χ4v) is 4.48. The molecule has 0 aliphatic rings. The van der Waals surface area contributed by atoms with Gasteiger partial charge < -0.3 is 9.26 Å². The van der Waals surface area contributed by atoms with Gasteiger partial charge in [0.2, 0.25) is 5.89 Å². The third kappa shape index (κ3) is 4.83. The molecule has 2 aromatic heterocycles. The summed E-state index contributed by atoms with van der Waals surface area (Å²) in [4.78, 5) is 4.53. The molecule has 34 heavy (non-hydrogen) atoms. The number of hydrogen-bond donors (Lipinski definition) is 0. The van der Waals surface area contributed by atoms with Crippen molar-refractivity contribution >= 4 is 23.4 Å². The van der Waals surface area contributed by atoms with Crippen molar-refractivity contribution in [2.45, 2.75) is 17.3 Å². The predicted octanol–water partition coefficient (Wildman–Crippen LogP) is 5.86. The summed E-state index contributed by atoms with van der Waals surface area (Å²) in [6.45, 7) is 0. The minimum atomic E-state index is 0.457. The van der Waals surface area contributed by atoms with Crippen LogP contribution in [0.15, 0.2) is 88.5 Å². The van der Waals surface area contributed by atoms with Crippen LogP contribution in [0.5, 0.6) is 5.75 Å². The Bertz CT molecular complexity index is 1390. The molecule has 9 heteroatoms. The smallest absolute Gasteiger partial charge is 0.237 e. The molecule has 0 fully saturated rings. The molecule has 0 aliphatic heterocycles. The number of nitrogens with zero attached hydrogens (tertiary/aromatic N) is 5. The molecular weight excluding hydrogens is 470 g/mol. The minimum absolute atomic E-state index is 0.457. The summed E-state index contributed by atoms with van der Waals surface area (Å²) in [5.74, 6) is 3.05. The van der Waals surface area contributed by atoms with Crippen molar-refractivity contribution < 1.29 is 9.26 Å². The summed E-state index contributed by atoms with van der Waals surface area (Å²) in [7, 11) is 1.64. The van der Waals surface area contributed by atoms with Gasteiger partial charge in [-0.25, -0.2) is 0 Å². The van der Waals surface area contributed by atoms with Crippen molar-refractivity contribution in [3.63, 3.8) is 0 Å². The highest BCUT2D eigenvalue weighted by atomic mass is 35.5. The van der Waals surface area contributed by atoms with Crippen LogP contribution in [0.4, 0.5) is 0 Å². The number of ether oxygens (including phenoxy) is 1. The predicted molar refractivity (Wildman–Crippen MR) is 131 cm³/mol. The van der Waals surface area contributed by atoms with Gasteiger partial charge in [-0.2, -0.15) is 4.98 Å². The fraction of sp³-hybridized carbons (Fsp3) is 0.120. The van der Waals surface area contributed by atoms with E-state index in [1.807, 2.05) is 83.4 Å². The quantitative estimate of drug-likeness (QED) is 0.252. The summed E-state index contributed by atoms with van der Waals surface area (Å²) in [6, 6.07) is 25.3. The van der Waals surface area contributed by atoms with Gasteiger partial charge in [-0.3, -0.25) is 4.57 Å². The Morgan fingerprint density at radius 2 is 1.71 bits per heavy atom. The van der Waals surface area contributed by atoms with Crippen LogP contribution in [-0.4, -0.2) is 32.0 Å². The third-order valence-corrected chi connectivity index (χ3v) is 6.36. The molecule has 7 nitrogen and oxygen atoms in total. The molecule has 0 aliphatic carbocycles. The van der Waals surface area contributed by atoms with Gasteiger partial charge >= 0.3 is 0 Å². The first-order chi connectivity index (χ1) is 16.7. The van der Waals surface area contributed by atoms with E-state index in [-0.39, 0.29) is 0 Å². The second-order valence-electron chi connectivity index (χ2n) is 7.37. The van der Waals surface area contributed by atoms with Crippen LogP contribution in [0.2, 0.25) is 5.02 Å². The van der Waals surface area contributed by atoms with Crippen molar-refractivity contribution in [1.29, 1.82) is 0 Å². The summed E-state index contributed by atoms with van der Waals surface area (Å²) >= 11 is 7.94. The van der Waals surface area contributed by atoms with E-state index in [0.29, 0.717) is 39.9 Å². The number of thioether (sulfide) groups is 1. The van der Waals surface area contributed by atoms with Gasteiger partial charge in [0.05, 0.1) is 17.9 Å². The van der Waals surface area contributed by atoms with E-state index in [4.69, 9.17) is 20.9 Å². The highest BCUT2D eigenvalue weighted by molar-refractivity contribution is 7.98. The van der Waals surface area contributed by atoms with E-state index in [9.17, 15) is 0 Å². The van der Waals surface area contributed by atoms with E-state index in [0.717, 1.165) is 22.6 Å². The van der Waals surface area contributed by atoms with Gasteiger partial charge in [-0.05, 0) is 42.0 Å². The number of rotatable bonds is 8. The number of aromatic nitrogens is 5. The number of methoxy groups -OCH3 is 1. The fourth-order valence-electron chi connectivity index (χ4n) is 3.47. The molecule has 0 spiro atoms. The van der Waals surface area contributed by atoms with Crippen molar-refractivity contribution in [3.05, 3.63) is 101 Å². The summed E-state index contributed by atoms with van der Waals surface area (Å²) in [5.41, 5.74) is 2.81. The van der Waals surface area contributed by atoms with E-state index < -0.39 is 0 Å². The molecule has 0 atom stereocenters. The Morgan fingerprint density at radius 3 is 2.47 bits per heavy atom. The molecule has 5 rings (SSSR count). The molecule has 0 saturated heterocycles. The van der Waals surface area contributed by atoms with Gasteiger partial charge in [0.15, 0.2) is 16.8 Å². The lowest BCUT2D eigenvalue weighted by Gasteiger charge is -2.11. The van der Waals surface area contributed by atoms with Crippen LogP contribution >= 0.6 is 23.4 Å². The lowest BCUT2D eigenvalue weighted by molar-refractivity contribution is 0.385. The van der Waals surface area contributed by atoms with Crippen molar-refractivity contribution in [2.75, 3.05) is 7.11 Å². The Hall–Kier alpha value is -3.62. The Balaban J connectivity index is 1.42. The topological polar surface area (TPSA) is 78.9 Å². The van der Waals surface area contributed by atoms with Gasteiger partial charge in [0, 0.05) is 17.7 Å². The lowest BCUT2D eigenvalue weighted by Crippen LogP contribution is -2.00. The van der Waals surface area contributed by atoms with Crippen LogP contribution in [0.1, 0.15) is 17.3 Å². The first kappa shape index (κ1) is 22.2. The minimum Gasteiger partial charge on any atom is -0.497 e. The zero-order chi connectivity index (χ0) is 23.3. The first-order valence-corrected chi connectivity index (χ1v) is 11.9. The second kappa shape index (κ2) is 10.1. The molecule has 5 aromatic rings. The molecular formula is C25H20ClN5O2S. The average Bonchev–Trinajstić information content (AvgIpc) is 3.50. The van der Waals surface area contributed by atoms with E-state index in [1.165, 1.54) is 11.8 Å². The van der Waals surface area contributed by atoms with Crippen LogP contribution < -0.4 is 4.74 Å². The van der Waals surface area contributed by atoms with Gasteiger partial charge in [0.1, 0.15) is 5.75 Å². The summed E-state index contributed by atoms with van der Waals surface area (Å²) < 4.78 is 12.7. The molecule has 0 unspecified atom stereocenters. The second-order valence-corrected chi connectivity index (χ2v) is 8.72. The van der Waals surface area contributed by atoms with Crippen molar-refractivity contribution in [2.24, 2.45) is 0 Å². The number of halogens is 1. The Morgan fingerprint density at radius 1 is 0.941 bits per heavy atom. The maximum atomic E-state index is 6.48. The van der Waals surface area contributed by atoms with Crippen LogP contribution in [0.3, 0.4) is 0 Å². The van der Waals surface area contributed by atoms with Crippen LogP contribution in [0, 0.1) is 0 Å². The zero-order valence-electron chi connectivity index (χ0n) is 18.3. The highest BCUT2D eigenvalue weighted by Crippen LogP contribution is 2.33. The molecule has 3 aromatic carbocycles. The van der Waals surface area contributed by atoms with Gasteiger partial charge in [-0.1, -0.05) is 71.0 Å². The molecule has 0 saturated carbocycles. The molecule has 0 amide bonds. The standard InChI is InChI=1S/C25H20ClN5O2S/c1-32-19-13-11-18(12-14-19)31-24(20-9-5-6-10-21(20)26)28-29-25(31)34-16-23-27-22(30-33-23)15-17-7-3-2-4-8-17/h2-14H,15-16H2,1H3. The third-order valence-electron chi connectivity index (χ3n) is 5.12. The molecule has 170 valence electrons. The number of benzene rings is 3. The Labute approximate surface area is 205 Å². The van der Waals surface area contributed by atoms with Crippen molar-refractivity contribution in [3.8, 4) is 22.8 Å². The summed E-state index contributed by atoms with van der Waals surface area (Å²) in [6.07, 6.45) is 0.619. The van der Waals surface area contributed by atoms with E-state index >= 15 is 0 Å². The Kier molecular flexibility index (Phi) is 6.60. The van der Waals surface area contributed by atoms with Gasteiger partial charge in [-0.15, -0.1) is 10.2 Å². The van der Waals surface area contributed by atoms with Crippen LogP contribution in [0.25, 0.3) is 17.1 Å². The first-order valence-electron chi connectivity index (χ1n) is 10.5. The monoisotopic (exact) mass is 489 g/mol. The number of hydrogen-bond acceptors (Lipinski definition) is 7. The largest absolute Gasteiger partial charge is 0.497 e. The van der Waals surface area contributed by atoms with E-state index in [1.54, 1.807) is 7.11 Å². The normalized spacial score (nSPS) is 11.0. The SMILES string of the molecule is COc1ccc(-n2c(SCc3nc(Cc4ccccc4)no3)nnc2-c2ccccc2Cl)cc1. The maximum absolute atomic E-state index is 6.48. The average molecular weight is 490 g/mol. The highest BCUT2D eigenvalue weighted by Gasteiger charge is 2.19. The lowest BCUT2D eigenvalue weighted by atomic mass is 10.1. The molecule has 0 N–H and O–H groups in total. The van der Waals surface area contributed by atoms with Crippen molar-refractivity contribution in [1.82, 2.24) is 24.9 Å². The van der Waals surface area contributed by atoms with E-state index in [2.05, 4.69) is 20.3 Å².